The molecular weight excluding hydrogens is 466 g/mol. The molecule has 25 heavy (non-hydrogen) atoms. The summed E-state index contributed by atoms with van der Waals surface area (Å²) in [6, 6.07) is 10.1. The predicted octanol–water partition coefficient (Wildman–Crippen LogP) is 4.17. The molecule has 0 saturated carbocycles. The third-order valence-corrected chi connectivity index (χ3v) is 4.05. The molecule has 2 rings (SSSR count). The Kier molecular flexibility index (Phi) is 9.04. The summed E-state index contributed by atoms with van der Waals surface area (Å²) in [5.41, 5.74) is 0.399. The Morgan fingerprint density at radius 3 is 2.56 bits per heavy atom. The molecule has 0 saturated heterocycles. The molecule has 2 N–H and O–H groups in total. The largest absolute Gasteiger partial charge is 0.573 e. The Bertz CT molecular complexity index is 663. The molecule has 138 valence electrons. The summed E-state index contributed by atoms with van der Waals surface area (Å²) in [6.45, 7) is 0.853. The van der Waals surface area contributed by atoms with Crippen LogP contribution in [-0.2, 0) is 13.0 Å². The second kappa shape index (κ2) is 10.5. The lowest BCUT2D eigenvalue weighted by atomic mass is 10.2. The molecular formula is C16H19F3IN3OS. The van der Waals surface area contributed by atoms with E-state index in [-0.39, 0.29) is 36.3 Å². The average molecular weight is 485 g/mol. The van der Waals surface area contributed by atoms with Gasteiger partial charge in [0, 0.05) is 30.6 Å². The molecule has 9 heteroatoms. The van der Waals surface area contributed by atoms with Crippen LogP contribution in [0.3, 0.4) is 0 Å². The Labute approximate surface area is 165 Å². The topological polar surface area (TPSA) is 45.7 Å². The molecule has 0 aliphatic carbocycles. The van der Waals surface area contributed by atoms with E-state index in [4.69, 9.17) is 0 Å². The minimum Gasteiger partial charge on any atom is -0.405 e. The van der Waals surface area contributed by atoms with Crippen LogP contribution in [0.2, 0.25) is 0 Å². The lowest BCUT2D eigenvalue weighted by Gasteiger charge is -2.15. The zero-order chi connectivity index (χ0) is 17.4. The third-order valence-electron chi connectivity index (χ3n) is 3.11. The number of nitrogens with zero attached hydrogens (tertiary/aromatic N) is 1. The van der Waals surface area contributed by atoms with Gasteiger partial charge in [-0.05, 0) is 23.9 Å². The molecule has 0 aliphatic rings. The Hall–Kier alpha value is -1.49. The number of rotatable bonds is 6. The van der Waals surface area contributed by atoms with Gasteiger partial charge < -0.3 is 15.4 Å². The molecule has 1 aromatic heterocycles. The van der Waals surface area contributed by atoms with Crippen LogP contribution in [0, 0.1) is 0 Å². The van der Waals surface area contributed by atoms with Gasteiger partial charge in [0.1, 0.15) is 5.75 Å². The fourth-order valence-electron chi connectivity index (χ4n) is 2.03. The number of hydrogen-bond donors (Lipinski definition) is 2. The first-order valence-corrected chi connectivity index (χ1v) is 8.16. The van der Waals surface area contributed by atoms with E-state index in [1.165, 1.54) is 17.0 Å². The van der Waals surface area contributed by atoms with Crippen molar-refractivity contribution in [3.63, 3.8) is 0 Å². The molecule has 4 nitrogen and oxygen atoms in total. The van der Waals surface area contributed by atoms with Crippen LogP contribution < -0.4 is 15.4 Å². The van der Waals surface area contributed by atoms with E-state index >= 15 is 0 Å². The zero-order valence-electron chi connectivity index (χ0n) is 13.5. The summed E-state index contributed by atoms with van der Waals surface area (Å²) in [5.74, 6) is 0.305. The van der Waals surface area contributed by atoms with Crippen LogP contribution in [0.5, 0.6) is 5.75 Å². The summed E-state index contributed by atoms with van der Waals surface area (Å²) < 4.78 is 41.3. The number of nitrogens with one attached hydrogen (secondary N) is 2. The van der Waals surface area contributed by atoms with E-state index in [0.717, 1.165) is 6.42 Å². The number of ether oxygens (including phenoxy) is 1. The van der Waals surface area contributed by atoms with Crippen molar-refractivity contribution >= 4 is 41.3 Å². The van der Waals surface area contributed by atoms with Crippen LogP contribution in [0.15, 0.2) is 46.8 Å². The van der Waals surface area contributed by atoms with Crippen molar-refractivity contribution in [2.24, 2.45) is 4.99 Å². The van der Waals surface area contributed by atoms with E-state index in [9.17, 15) is 13.2 Å². The maximum absolute atomic E-state index is 12.4. The number of thiophene rings is 1. The average Bonchev–Trinajstić information content (AvgIpc) is 3.04. The summed E-state index contributed by atoms with van der Waals surface area (Å²) >= 11 is 1.68. The van der Waals surface area contributed by atoms with Crippen LogP contribution in [0.25, 0.3) is 0 Å². The number of alkyl halides is 3. The molecule has 0 bridgehead atoms. The van der Waals surface area contributed by atoms with E-state index in [2.05, 4.69) is 20.4 Å². The van der Waals surface area contributed by atoms with E-state index in [1.54, 1.807) is 30.5 Å². The van der Waals surface area contributed by atoms with Crippen molar-refractivity contribution in [2.75, 3.05) is 13.6 Å². The van der Waals surface area contributed by atoms with Crippen molar-refractivity contribution in [3.05, 3.63) is 52.2 Å². The number of hydrogen-bond acceptors (Lipinski definition) is 3. The molecule has 0 radical (unpaired) electrons. The van der Waals surface area contributed by atoms with Gasteiger partial charge >= 0.3 is 6.36 Å². The van der Waals surface area contributed by atoms with Crippen LogP contribution in [-0.4, -0.2) is 25.9 Å². The highest BCUT2D eigenvalue weighted by Crippen LogP contribution is 2.25. The summed E-state index contributed by atoms with van der Waals surface area (Å²) in [7, 11) is 1.61. The molecule has 2 aromatic rings. The van der Waals surface area contributed by atoms with Gasteiger partial charge in [-0.1, -0.05) is 24.3 Å². The van der Waals surface area contributed by atoms with Gasteiger partial charge in [-0.25, -0.2) is 0 Å². The molecule has 0 amide bonds. The maximum atomic E-state index is 12.4. The number of guanidine groups is 1. The quantitative estimate of drug-likeness (QED) is 0.367. The molecule has 0 spiro atoms. The van der Waals surface area contributed by atoms with Crippen molar-refractivity contribution in [1.82, 2.24) is 10.6 Å². The van der Waals surface area contributed by atoms with Crippen molar-refractivity contribution < 1.29 is 17.9 Å². The minimum atomic E-state index is -4.71. The summed E-state index contributed by atoms with van der Waals surface area (Å²) in [4.78, 5) is 5.31. The minimum absolute atomic E-state index is 0. The normalized spacial score (nSPS) is 11.6. The van der Waals surface area contributed by atoms with Gasteiger partial charge in [-0.2, -0.15) is 0 Å². The fourth-order valence-corrected chi connectivity index (χ4v) is 2.74. The first-order chi connectivity index (χ1) is 11.5. The van der Waals surface area contributed by atoms with Gasteiger partial charge in [0.25, 0.3) is 0 Å². The van der Waals surface area contributed by atoms with E-state index in [1.807, 2.05) is 17.5 Å². The number of halogens is 4. The monoisotopic (exact) mass is 485 g/mol. The summed E-state index contributed by atoms with van der Waals surface area (Å²) in [5, 5.41) is 8.13. The van der Waals surface area contributed by atoms with Gasteiger partial charge in [-0.15, -0.1) is 48.5 Å². The predicted molar refractivity (Wildman–Crippen MR) is 105 cm³/mol. The third kappa shape index (κ3) is 7.95. The molecule has 0 atom stereocenters. The molecule has 0 aliphatic heterocycles. The molecule has 0 fully saturated rings. The smallest absolute Gasteiger partial charge is 0.405 e. The van der Waals surface area contributed by atoms with Crippen LogP contribution in [0.1, 0.15) is 10.4 Å². The van der Waals surface area contributed by atoms with Gasteiger partial charge in [-0.3, -0.25) is 4.99 Å². The lowest BCUT2D eigenvalue weighted by molar-refractivity contribution is -0.274. The van der Waals surface area contributed by atoms with E-state index < -0.39 is 6.36 Å². The lowest BCUT2D eigenvalue weighted by Crippen LogP contribution is -2.38. The van der Waals surface area contributed by atoms with Crippen molar-refractivity contribution in [3.8, 4) is 5.75 Å². The second-order valence-corrected chi connectivity index (χ2v) is 5.87. The maximum Gasteiger partial charge on any atom is 0.573 e. The molecule has 1 aromatic carbocycles. The highest BCUT2D eigenvalue weighted by molar-refractivity contribution is 14.0. The zero-order valence-corrected chi connectivity index (χ0v) is 16.6. The highest BCUT2D eigenvalue weighted by atomic mass is 127. The second-order valence-electron chi connectivity index (χ2n) is 4.84. The first kappa shape index (κ1) is 21.6. The summed E-state index contributed by atoms with van der Waals surface area (Å²) in [6.07, 6.45) is -3.86. The Balaban J connectivity index is 0.00000312. The number of benzene rings is 1. The van der Waals surface area contributed by atoms with Crippen molar-refractivity contribution in [1.29, 1.82) is 0 Å². The van der Waals surface area contributed by atoms with Gasteiger partial charge in [0.05, 0.1) is 0 Å². The van der Waals surface area contributed by atoms with Crippen LogP contribution in [0.4, 0.5) is 13.2 Å². The van der Waals surface area contributed by atoms with Crippen molar-refractivity contribution in [2.45, 2.75) is 19.3 Å². The number of aliphatic imine (C=N–C) groups is 1. The highest BCUT2D eigenvalue weighted by Gasteiger charge is 2.31. The molecule has 0 unspecified atom stereocenters. The number of para-hydroxylation sites is 1. The SMILES string of the molecule is CN=C(NCCc1cccs1)NCc1ccccc1OC(F)(F)F.I. The van der Waals surface area contributed by atoms with Gasteiger partial charge in [0.2, 0.25) is 0 Å². The fraction of sp³-hybridized carbons (Fsp3) is 0.312. The first-order valence-electron chi connectivity index (χ1n) is 7.28. The van der Waals surface area contributed by atoms with Gasteiger partial charge in [0.15, 0.2) is 5.96 Å². The standard InChI is InChI=1S/C16H18F3N3OS.HI/c1-20-15(21-9-8-13-6-4-10-24-13)22-11-12-5-2-3-7-14(12)23-16(17,18)19;/h2-7,10H,8-9,11H2,1H3,(H2,20,21,22);1H. The Morgan fingerprint density at radius 2 is 1.92 bits per heavy atom. The van der Waals surface area contributed by atoms with Crippen LogP contribution >= 0.6 is 35.3 Å². The molecule has 1 heterocycles. The Morgan fingerprint density at radius 1 is 1.16 bits per heavy atom. The van der Waals surface area contributed by atoms with E-state index in [0.29, 0.717) is 18.1 Å².